The summed E-state index contributed by atoms with van der Waals surface area (Å²) in [6, 6.07) is 13.3. The lowest BCUT2D eigenvalue weighted by Gasteiger charge is -2.15. The fraction of sp³-hybridized carbons (Fsp3) is 0.150. The van der Waals surface area contributed by atoms with Crippen molar-refractivity contribution >= 4 is 28.7 Å². The van der Waals surface area contributed by atoms with Gasteiger partial charge in [0.2, 0.25) is 0 Å². The summed E-state index contributed by atoms with van der Waals surface area (Å²) in [6.07, 6.45) is 0. The predicted octanol–water partition coefficient (Wildman–Crippen LogP) is 1.68. The average Bonchev–Trinajstić information content (AvgIpc) is 2.72. The molecule has 9 heteroatoms. The highest BCUT2D eigenvalue weighted by atomic mass is 16.4. The molecule has 3 aromatic rings. The number of carbonyl (C=O) groups is 3. The first-order valence-corrected chi connectivity index (χ1v) is 8.76. The second-order valence-electron chi connectivity index (χ2n) is 6.28. The normalized spacial score (nSPS) is 11.6. The molecular formula is C20H18N4O5. The quantitative estimate of drug-likeness (QED) is 0.604. The van der Waals surface area contributed by atoms with E-state index in [-0.39, 0.29) is 23.0 Å². The first kappa shape index (κ1) is 19.7. The van der Waals surface area contributed by atoms with E-state index in [1.54, 1.807) is 12.1 Å². The second-order valence-corrected chi connectivity index (χ2v) is 6.28. The number of urea groups is 1. The van der Waals surface area contributed by atoms with E-state index >= 15 is 0 Å². The Morgan fingerprint density at radius 3 is 2.31 bits per heavy atom. The third-order valence-corrected chi connectivity index (χ3v) is 4.31. The van der Waals surface area contributed by atoms with Crippen LogP contribution in [0.15, 0.2) is 59.4 Å². The fourth-order valence-electron chi connectivity index (χ4n) is 2.78. The van der Waals surface area contributed by atoms with Gasteiger partial charge in [-0.3, -0.25) is 14.9 Å². The molecule has 3 amide bonds. The molecule has 0 aliphatic rings. The standard InChI is InChI=1S/C20H18N4O5/c1-12(17(25)22-20(29)21-11-13-7-3-2-4-8-13)24-18(26)15-10-6-5-9-14(15)16(23-24)19(27)28/h2-10,12H,11H2,1H3,(H,27,28)(H2,21,22,25,29). The van der Waals surface area contributed by atoms with Crippen molar-refractivity contribution in [3.05, 3.63) is 76.2 Å². The Balaban J connectivity index is 1.79. The smallest absolute Gasteiger partial charge is 0.357 e. The van der Waals surface area contributed by atoms with Gasteiger partial charge in [0.1, 0.15) is 6.04 Å². The van der Waals surface area contributed by atoms with E-state index in [4.69, 9.17) is 0 Å². The number of carboxylic acids is 1. The van der Waals surface area contributed by atoms with E-state index in [9.17, 15) is 24.3 Å². The van der Waals surface area contributed by atoms with Crippen molar-refractivity contribution < 1.29 is 19.5 Å². The van der Waals surface area contributed by atoms with Crippen LogP contribution in [0.5, 0.6) is 0 Å². The minimum absolute atomic E-state index is 0.119. The first-order chi connectivity index (χ1) is 13.9. The van der Waals surface area contributed by atoms with Crippen molar-refractivity contribution in [1.82, 2.24) is 20.4 Å². The zero-order chi connectivity index (χ0) is 21.0. The zero-order valence-corrected chi connectivity index (χ0v) is 15.5. The van der Waals surface area contributed by atoms with Crippen molar-refractivity contribution in [2.75, 3.05) is 0 Å². The second kappa shape index (κ2) is 8.34. The predicted molar refractivity (Wildman–Crippen MR) is 104 cm³/mol. The Morgan fingerprint density at radius 1 is 1.03 bits per heavy atom. The molecule has 0 bridgehead atoms. The van der Waals surface area contributed by atoms with Crippen molar-refractivity contribution in [3.8, 4) is 0 Å². The number of nitrogens with zero attached hydrogens (tertiary/aromatic N) is 2. The Hall–Kier alpha value is -4.01. The van der Waals surface area contributed by atoms with Gasteiger partial charge in [-0.1, -0.05) is 48.5 Å². The molecule has 0 saturated carbocycles. The monoisotopic (exact) mass is 394 g/mol. The molecule has 1 atom stereocenters. The number of carbonyl (C=O) groups excluding carboxylic acids is 2. The highest BCUT2D eigenvalue weighted by molar-refractivity contribution is 6.01. The molecule has 0 aliphatic heterocycles. The highest BCUT2D eigenvalue weighted by Crippen LogP contribution is 2.15. The molecule has 0 aliphatic carbocycles. The molecule has 3 rings (SSSR count). The molecule has 148 valence electrons. The Morgan fingerprint density at radius 2 is 1.66 bits per heavy atom. The van der Waals surface area contributed by atoms with E-state index in [1.807, 2.05) is 30.3 Å². The van der Waals surface area contributed by atoms with Gasteiger partial charge in [-0.2, -0.15) is 5.10 Å². The van der Waals surface area contributed by atoms with E-state index in [2.05, 4.69) is 15.7 Å². The number of amides is 3. The molecule has 0 radical (unpaired) electrons. The molecular weight excluding hydrogens is 376 g/mol. The van der Waals surface area contributed by atoms with Crippen LogP contribution in [0.3, 0.4) is 0 Å². The summed E-state index contributed by atoms with van der Waals surface area (Å²) in [5.74, 6) is -2.13. The number of hydrogen-bond donors (Lipinski definition) is 3. The maximum absolute atomic E-state index is 12.7. The fourth-order valence-corrected chi connectivity index (χ4v) is 2.78. The molecule has 1 heterocycles. The maximum atomic E-state index is 12.7. The SMILES string of the molecule is CC(C(=O)NC(=O)NCc1ccccc1)n1nc(C(=O)O)c2ccccc2c1=O. The van der Waals surface area contributed by atoms with Crippen molar-refractivity contribution in [3.63, 3.8) is 0 Å². The van der Waals surface area contributed by atoms with Crippen molar-refractivity contribution in [1.29, 1.82) is 0 Å². The lowest BCUT2D eigenvalue weighted by Crippen LogP contribution is -2.44. The lowest BCUT2D eigenvalue weighted by molar-refractivity contribution is -0.123. The molecule has 29 heavy (non-hydrogen) atoms. The number of aromatic nitrogens is 2. The number of fused-ring (bicyclic) bond motifs is 1. The van der Waals surface area contributed by atoms with Crippen LogP contribution < -0.4 is 16.2 Å². The molecule has 1 aromatic heterocycles. The molecule has 2 aromatic carbocycles. The summed E-state index contributed by atoms with van der Waals surface area (Å²) in [4.78, 5) is 48.6. The summed E-state index contributed by atoms with van der Waals surface area (Å²) in [7, 11) is 0. The number of benzene rings is 2. The lowest BCUT2D eigenvalue weighted by atomic mass is 10.1. The highest BCUT2D eigenvalue weighted by Gasteiger charge is 2.23. The van der Waals surface area contributed by atoms with Gasteiger partial charge in [0.25, 0.3) is 11.5 Å². The first-order valence-electron chi connectivity index (χ1n) is 8.76. The van der Waals surface area contributed by atoms with E-state index in [0.29, 0.717) is 0 Å². The average molecular weight is 394 g/mol. The van der Waals surface area contributed by atoms with Gasteiger partial charge in [0.15, 0.2) is 5.69 Å². The summed E-state index contributed by atoms with van der Waals surface area (Å²) in [6.45, 7) is 1.57. The summed E-state index contributed by atoms with van der Waals surface area (Å²) in [5, 5.41) is 18.2. The van der Waals surface area contributed by atoms with Gasteiger partial charge in [-0.15, -0.1) is 0 Å². The van der Waals surface area contributed by atoms with Crippen LogP contribution in [0.1, 0.15) is 29.0 Å². The number of hydrogen-bond acceptors (Lipinski definition) is 5. The number of nitrogens with one attached hydrogen (secondary N) is 2. The Kier molecular flexibility index (Phi) is 5.68. The van der Waals surface area contributed by atoms with Gasteiger partial charge >= 0.3 is 12.0 Å². The minimum atomic E-state index is -1.33. The van der Waals surface area contributed by atoms with Gasteiger partial charge in [-0.05, 0) is 18.6 Å². The van der Waals surface area contributed by atoms with Gasteiger partial charge in [0, 0.05) is 11.9 Å². The van der Waals surface area contributed by atoms with Crippen LogP contribution in [0.2, 0.25) is 0 Å². The molecule has 3 N–H and O–H groups in total. The van der Waals surface area contributed by atoms with Crippen LogP contribution in [0.25, 0.3) is 10.8 Å². The van der Waals surface area contributed by atoms with Crippen LogP contribution in [-0.4, -0.2) is 32.8 Å². The summed E-state index contributed by atoms with van der Waals surface area (Å²) >= 11 is 0. The van der Waals surface area contributed by atoms with Crippen LogP contribution in [-0.2, 0) is 11.3 Å². The van der Waals surface area contributed by atoms with Crippen LogP contribution in [0.4, 0.5) is 4.79 Å². The van der Waals surface area contributed by atoms with Crippen molar-refractivity contribution in [2.45, 2.75) is 19.5 Å². The number of carboxylic acid groups (broad SMARTS) is 1. The third-order valence-electron chi connectivity index (χ3n) is 4.31. The minimum Gasteiger partial charge on any atom is -0.476 e. The number of imide groups is 1. The Bertz CT molecular complexity index is 1140. The van der Waals surface area contributed by atoms with Gasteiger partial charge < -0.3 is 10.4 Å². The van der Waals surface area contributed by atoms with Gasteiger partial charge in [-0.25, -0.2) is 14.3 Å². The summed E-state index contributed by atoms with van der Waals surface area (Å²) in [5.41, 5.74) is -0.131. The largest absolute Gasteiger partial charge is 0.476 e. The number of rotatable bonds is 5. The summed E-state index contributed by atoms with van der Waals surface area (Å²) < 4.78 is 0.769. The maximum Gasteiger partial charge on any atom is 0.357 e. The molecule has 0 spiro atoms. The zero-order valence-electron chi connectivity index (χ0n) is 15.5. The topological polar surface area (TPSA) is 130 Å². The molecule has 0 saturated heterocycles. The van der Waals surface area contributed by atoms with E-state index < -0.39 is 29.5 Å². The molecule has 1 unspecified atom stereocenters. The number of aromatic carboxylic acids is 1. The van der Waals surface area contributed by atoms with Crippen molar-refractivity contribution in [2.24, 2.45) is 0 Å². The molecule has 0 fully saturated rings. The van der Waals surface area contributed by atoms with E-state index in [1.165, 1.54) is 19.1 Å². The molecule has 9 nitrogen and oxygen atoms in total. The van der Waals surface area contributed by atoms with Crippen LogP contribution >= 0.6 is 0 Å². The van der Waals surface area contributed by atoms with Crippen LogP contribution in [0, 0.1) is 0 Å². The third kappa shape index (κ3) is 4.29. The van der Waals surface area contributed by atoms with Gasteiger partial charge in [0.05, 0.1) is 5.39 Å². The Labute approximate surface area is 165 Å². The van der Waals surface area contributed by atoms with E-state index in [0.717, 1.165) is 10.2 Å².